The molecule has 2 rings (SSSR count). The Morgan fingerprint density at radius 2 is 2.22 bits per heavy atom. The highest BCUT2D eigenvalue weighted by atomic mass is 35.5. The fourth-order valence-corrected chi connectivity index (χ4v) is 4.33. The Bertz CT molecular complexity index is 654. The van der Waals surface area contributed by atoms with E-state index in [9.17, 15) is 17.9 Å². The molecule has 130 valence electrons. The van der Waals surface area contributed by atoms with Gasteiger partial charge in [-0.25, -0.2) is 17.5 Å². The molecular weight excluding hydrogens is 343 g/mol. The van der Waals surface area contributed by atoms with Crippen molar-refractivity contribution >= 4 is 21.6 Å². The summed E-state index contributed by atoms with van der Waals surface area (Å²) in [6, 6.07) is 2.25. The molecule has 1 aromatic carbocycles. The van der Waals surface area contributed by atoms with Crippen LogP contribution in [0.25, 0.3) is 0 Å². The van der Waals surface area contributed by atoms with Crippen LogP contribution in [-0.2, 0) is 10.0 Å². The van der Waals surface area contributed by atoms with E-state index in [1.54, 1.807) is 0 Å². The van der Waals surface area contributed by atoms with Crippen molar-refractivity contribution in [3.05, 3.63) is 28.5 Å². The number of nitrogens with one attached hydrogen (secondary N) is 1. The molecule has 1 aliphatic rings. The minimum Gasteiger partial charge on any atom is -0.392 e. The standard InChI is InChI=1S/C15H22ClFN2O3S/c1-11-8-15(13(16)9-14(11)17)23(21,22)18-5-3-7-19-6-2-4-12(20)10-19/h8-9,12,18,20H,2-7,10H2,1H3/t12-/m0/s1. The zero-order valence-electron chi connectivity index (χ0n) is 13.1. The van der Waals surface area contributed by atoms with Gasteiger partial charge < -0.3 is 10.0 Å². The van der Waals surface area contributed by atoms with Gasteiger partial charge in [-0.05, 0) is 57.0 Å². The van der Waals surface area contributed by atoms with Gasteiger partial charge in [0.2, 0.25) is 10.0 Å². The van der Waals surface area contributed by atoms with E-state index < -0.39 is 15.8 Å². The monoisotopic (exact) mass is 364 g/mol. The summed E-state index contributed by atoms with van der Waals surface area (Å²) in [6.45, 7) is 4.03. The van der Waals surface area contributed by atoms with Crippen LogP contribution >= 0.6 is 11.6 Å². The van der Waals surface area contributed by atoms with E-state index in [0.29, 0.717) is 13.0 Å². The molecule has 0 unspecified atom stereocenters. The summed E-state index contributed by atoms with van der Waals surface area (Å²) in [5.41, 5.74) is 0.233. The van der Waals surface area contributed by atoms with Crippen LogP contribution in [0.2, 0.25) is 5.02 Å². The highest BCUT2D eigenvalue weighted by molar-refractivity contribution is 7.89. The zero-order valence-corrected chi connectivity index (χ0v) is 14.6. The Morgan fingerprint density at radius 3 is 2.91 bits per heavy atom. The van der Waals surface area contributed by atoms with E-state index >= 15 is 0 Å². The van der Waals surface area contributed by atoms with Gasteiger partial charge in [-0.2, -0.15) is 0 Å². The third-order valence-electron chi connectivity index (χ3n) is 3.93. The van der Waals surface area contributed by atoms with E-state index in [2.05, 4.69) is 9.62 Å². The molecule has 0 saturated carbocycles. The normalized spacial score (nSPS) is 19.9. The topological polar surface area (TPSA) is 69.6 Å². The maximum atomic E-state index is 13.4. The third kappa shape index (κ3) is 5.12. The Labute approximate surface area is 141 Å². The van der Waals surface area contributed by atoms with Crippen LogP contribution in [0.5, 0.6) is 0 Å². The molecule has 1 aromatic rings. The highest BCUT2D eigenvalue weighted by Crippen LogP contribution is 2.24. The number of sulfonamides is 1. The highest BCUT2D eigenvalue weighted by Gasteiger charge is 2.20. The lowest BCUT2D eigenvalue weighted by atomic mass is 10.1. The van der Waals surface area contributed by atoms with Crippen molar-refractivity contribution in [1.82, 2.24) is 9.62 Å². The maximum Gasteiger partial charge on any atom is 0.242 e. The van der Waals surface area contributed by atoms with Crippen LogP contribution in [0.1, 0.15) is 24.8 Å². The molecule has 0 radical (unpaired) electrons. The lowest BCUT2D eigenvalue weighted by Crippen LogP contribution is -2.39. The summed E-state index contributed by atoms with van der Waals surface area (Å²) < 4.78 is 40.4. The van der Waals surface area contributed by atoms with E-state index in [1.165, 1.54) is 13.0 Å². The van der Waals surface area contributed by atoms with Crippen molar-refractivity contribution in [3.63, 3.8) is 0 Å². The molecule has 2 N–H and O–H groups in total. The van der Waals surface area contributed by atoms with Gasteiger partial charge in [0.1, 0.15) is 10.7 Å². The lowest BCUT2D eigenvalue weighted by Gasteiger charge is -2.29. The van der Waals surface area contributed by atoms with Crippen molar-refractivity contribution in [2.75, 3.05) is 26.2 Å². The van der Waals surface area contributed by atoms with Gasteiger partial charge in [0.05, 0.1) is 11.1 Å². The largest absolute Gasteiger partial charge is 0.392 e. The summed E-state index contributed by atoms with van der Waals surface area (Å²) in [5.74, 6) is -0.530. The fourth-order valence-electron chi connectivity index (χ4n) is 2.66. The molecule has 8 heteroatoms. The van der Waals surface area contributed by atoms with Gasteiger partial charge in [-0.1, -0.05) is 11.6 Å². The summed E-state index contributed by atoms with van der Waals surface area (Å²) in [6.07, 6.45) is 2.12. The number of β-amino-alcohol motifs (C(OH)–C–C–N with tert-alkyl or cyclic N) is 1. The second-order valence-electron chi connectivity index (χ2n) is 5.88. The first-order chi connectivity index (χ1) is 10.8. The van der Waals surface area contributed by atoms with Gasteiger partial charge >= 0.3 is 0 Å². The first kappa shape index (κ1) is 18.6. The van der Waals surface area contributed by atoms with Crippen molar-refractivity contribution in [2.45, 2.75) is 37.2 Å². The smallest absolute Gasteiger partial charge is 0.242 e. The summed E-state index contributed by atoms with van der Waals surface area (Å²) in [5, 5.41) is 9.47. The van der Waals surface area contributed by atoms with Gasteiger partial charge in [-0.15, -0.1) is 0 Å². The predicted molar refractivity (Wildman–Crippen MR) is 87.6 cm³/mol. The van der Waals surface area contributed by atoms with E-state index in [0.717, 1.165) is 32.0 Å². The first-order valence-corrected chi connectivity index (χ1v) is 9.51. The van der Waals surface area contributed by atoms with E-state index in [4.69, 9.17) is 11.6 Å². The molecule has 5 nitrogen and oxygen atoms in total. The number of halogens is 2. The molecule has 1 saturated heterocycles. The third-order valence-corrected chi connectivity index (χ3v) is 5.85. The molecule has 1 fully saturated rings. The number of aliphatic hydroxyl groups is 1. The quantitative estimate of drug-likeness (QED) is 0.756. The van der Waals surface area contributed by atoms with Crippen LogP contribution < -0.4 is 4.72 Å². The maximum absolute atomic E-state index is 13.4. The number of benzene rings is 1. The average Bonchev–Trinajstić information content (AvgIpc) is 2.47. The molecule has 23 heavy (non-hydrogen) atoms. The number of likely N-dealkylation sites (tertiary alicyclic amines) is 1. The first-order valence-electron chi connectivity index (χ1n) is 7.65. The minimum absolute atomic E-state index is 0.105. The Morgan fingerprint density at radius 1 is 1.48 bits per heavy atom. The fraction of sp³-hybridized carbons (Fsp3) is 0.600. The van der Waals surface area contributed by atoms with Gasteiger partial charge in [0.25, 0.3) is 0 Å². The zero-order chi connectivity index (χ0) is 17.0. The van der Waals surface area contributed by atoms with Crippen LogP contribution in [0, 0.1) is 12.7 Å². The lowest BCUT2D eigenvalue weighted by molar-refractivity contribution is 0.0704. The van der Waals surface area contributed by atoms with E-state index in [1.807, 2.05) is 0 Å². The Kier molecular flexibility index (Phi) is 6.39. The number of aryl methyl sites for hydroxylation is 1. The van der Waals surface area contributed by atoms with Crippen LogP contribution in [0.3, 0.4) is 0 Å². The molecule has 1 heterocycles. The second kappa shape index (κ2) is 7.90. The second-order valence-corrected chi connectivity index (χ2v) is 8.02. The van der Waals surface area contributed by atoms with Gasteiger partial charge in [0.15, 0.2) is 0 Å². The summed E-state index contributed by atoms with van der Waals surface area (Å²) in [4.78, 5) is 2.02. The number of hydrogen-bond donors (Lipinski definition) is 2. The number of piperidine rings is 1. The van der Waals surface area contributed by atoms with Crippen molar-refractivity contribution in [2.24, 2.45) is 0 Å². The predicted octanol–water partition coefficient (Wildman–Crippen LogP) is 1.91. The summed E-state index contributed by atoms with van der Waals surface area (Å²) >= 11 is 5.84. The number of aliphatic hydroxyl groups excluding tert-OH is 1. The van der Waals surface area contributed by atoms with Crippen molar-refractivity contribution in [1.29, 1.82) is 0 Å². The Balaban J connectivity index is 1.88. The van der Waals surface area contributed by atoms with Gasteiger partial charge in [0, 0.05) is 13.1 Å². The van der Waals surface area contributed by atoms with E-state index in [-0.39, 0.29) is 28.1 Å². The van der Waals surface area contributed by atoms with Crippen LogP contribution in [0.15, 0.2) is 17.0 Å². The number of hydrogen-bond acceptors (Lipinski definition) is 4. The molecule has 0 amide bonds. The van der Waals surface area contributed by atoms with Crippen molar-refractivity contribution < 1.29 is 17.9 Å². The number of rotatable bonds is 6. The molecule has 0 bridgehead atoms. The molecule has 1 aliphatic heterocycles. The molecule has 0 aliphatic carbocycles. The van der Waals surface area contributed by atoms with Crippen molar-refractivity contribution in [3.8, 4) is 0 Å². The van der Waals surface area contributed by atoms with Crippen LogP contribution in [0.4, 0.5) is 4.39 Å². The summed E-state index contributed by atoms with van der Waals surface area (Å²) in [7, 11) is -3.76. The Hall–Kier alpha value is -0.730. The SMILES string of the molecule is Cc1cc(S(=O)(=O)NCCCN2CCC[C@H](O)C2)c(Cl)cc1F. The molecular formula is C15H22ClFN2O3S. The minimum atomic E-state index is -3.76. The average molecular weight is 365 g/mol. The number of nitrogens with zero attached hydrogens (tertiary/aromatic N) is 1. The van der Waals surface area contributed by atoms with Crippen LogP contribution in [-0.4, -0.2) is 50.7 Å². The molecule has 0 spiro atoms. The van der Waals surface area contributed by atoms with Gasteiger partial charge in [-0.3, -0.25) is 0 Å². The molecule has 0 aromatic heterocycles. The molecule has 1 atom stereocenters.